The Kier molecular flexibility index (Phi) is 3.65. The topological polar surface area (TPSA) is 63.9 Å². The summed E-state index contributed by atoms with van der Waals surface area (Å²) in [4.78, 5) is 23.2. The number of carbonyl (C=O) groups excluding carboxylic acids is 1. The number of amides is 1. The lowest BCUT2D eigenvalue weighted by molar-refractivity contribution is -0.126. The van der Waals surface area contributed by atoms with Crippen LogP contribution < -0.4 is 0 Å². The molecule has 0 spiro atoms. The maximum Gasteiger partial charge on any atom is 0.246 e. The van der Waals surface area contributed by atoms with Gasteiger partial charge in [-0.3, -0.25) is 9.48 Å². The molecule has 124 valence electrons. The molecule has 1 amide bonds. The highest BCUT2D eigenvalue weighted by Crippen LogP contribution is 2.32. The molecule has 1 aliphatic heterocycles. The van der Waals surface area contributed by atoms with Gasteiger partial charge in [-0.1, -0.05) is 36.9 Å². The molecule has 0 radical (unpaired) electrons. The number of rotatable bonds is 3. The van der Waals surface area contributed by atoms with Gasteiger partial charge in [-0.05, 0) is 12.1 Å². The van der Waals surface area contributed by atoms with Gasteiger partial charge in [0.05, 0.1) is 24.5 Å². The first-order valence-corrected chi connectivity index (χ1v) is 8.02. The van der Waals surface area contributed by atoms with E-state index in [1.807, 2.05) is 49.6 Å². The maximum absolute atomic E-state index is 12.0. The molecule has 0 bridgehead atoms. The van der Waals surface area contributed by atoms with Crippen molar-refractivity contribution >= 4 is 5.91 Å². The SMILES string of the molecule is C=CC(=O)N1Cc2nc(-c3ccccc3)nc(-c3ccn(C)n3)c2C1. The van der Waals surface area contributed by atoms with Crippen LogP contribution in [0.2, 0.25) is 0 Å². The average Bonchev–Trinajstić information content (AvgIpc) is 3.27. The number of nitrogens with zero attached hydrogens (tertiary/aromatic N) is 5. The van der Waals surface area contributed by atoms with Crippen molar-refractivity contribution in [1.29, 1.82) is 0 Å². The summed E-state index contributed by atoms with van der Waals surface area (Å²) in [6.45, 7) is 4.51. The summed E-state index contributed by atoms with van der Waals surface area (Å²) in [7, 11) is 1.87. The molecule has 6 heteroatoms. The minimum atomic E-state index is -0.105. The molecule has 3 heterocycles. The fourth-order valence-corrected chi connectivity index (χ4v) is 3.01. The van der Waals surface area contributed by atoms with E-state index < -0.39 is 0 Å². The van der Waals surface area contributed by atoms with Crippen molar-refractivity contribution < 1.29 is 4.79 Å². The van der Waals surface area contributed by atoms with Crippen molar-refractivity contribution in [2.45, 2.75) is 13.1 Å². The van der Waals surface area contributed by atoms with Crippen LogP contribution in [-0.4, -0.2) is 30.6 Å². The van der Waals surface area contributed by atoms with E-state index in [0.29, 0.717) is 18.9 Å². The summed E-state index contributed by atoms with van der Waals surface area (Å²) in [5.41, 5.74) is 4.32. The normalized spacial score (nSPS) is 12.9. The lowest BCUT2D eigenvalue weighted by Crippen LogP contribution is -2.22. The maximum atomic E-state index is 12.0. The Morgan fingerprint density at radius 2 is 1.96 bits per heavy atom. The smallest absolute Gasteiger partial charge is 0.246 e. The molecule has 4 rings (SSSR count). The van der Waals surface area contributed by atoms with Crippen molar-refractivity contribution in [1.82, 2.24) is 24.6 Å². The van der Waals surface area contributed by atoms with E-state index in [2.05, 4.69) is 11.7 Å². The van der Waals surface area contributed by atoms with Crippen molar-refractivity contribution in [3.05, 3.63) is 66.5 Å². The summed E-state index contributed by atoms with van der Waals surface area (Å²) in [6.07, 6.45) is 3.21. The Balaban J connectivity index is 1.87. The Morgan fingerprint density at radius 1 is 1.16 bits per heavy atom. The molecule has 0 aliphatic carbocycles. The minimum Gasteiger partial charge on any atom is -0.329 e. The van der Waals surface area contributed by atoms with Crippen LogP contribution in [0.5, 0.6) is 0 Å². The van der Waals surface area contributed by atoms with Gasteiger partial charge in [0.1, 0.15) is 5.69 Å². The molecule has 3 aromatic rings. The third-order valence-corrected chi connectivity index (χ3v) is 4.26. The molecule has 0 fully saturated rings. The molecule has 25 heavy (non-hydrogen) atoms. The summed E-state index contributed by atoms with van der Waals surface area (Å²) in [6, 6.07) is 11.8. The number of hydrogen-bond acceptors (Lipinski definition) is 4. The third-order valence-electron chi connectivity index (χ3n) is 4.26. The fraction of sp³-hybridized carbons (Fsp3) is 0.158. The molecule has 0 atom stereocenters. The monoisotopic (exact) mass is 331 g/mol. The first kappa shape index (κ1) is 15.3. The van der Waals surface area contributed by atoms with Crippen LogP contribution >= 0.6 is 0 Å². The second-order valence-corrected chi connectivity index (χ2v) is 5.96. The quantitative estimate of drug-likeness (QED) is 0.692. The number of carbonyl (C=O) groups is 1. The second-order valence-electron chi connectivity index (χ2n) is 5.96. The largest absolute Gasteiger partial charge is 0.329 e. The first-order valence-electron chi connectivity index (χ1n) is 8.02. The molecule has 0 saturated carbocycles. The molecule has 6 nitrogen and oxygen atoms in total. The predicted molar refractivity (Wildman–Crippen MR) is 94.1 cm³/mol. The van der Waals surface area contributed by atoms with Gasteiger partial charge in [-0.15, -0.1) is 0 Å². The van der Waals surface area contributed by atoms with Crippen LogP contribution in [0.4, 0.5) is 0 Å². The van der Waals surface area contributed by atoms with E-state index >= 15 is 0 Å². The van der Waals surface area contributed by atoms with Crippen molar-refractivity contribution in [2.24, 2.45) is 7.05 Å². The molecular formula is C19H17N5O. The van der Waals surface area contributed by atoms with E-state index in [0.717, 1.165) is 28.2 Å². The molecular weight excluding hydrogens is 314 g/mol. The minimum absolute atomic E-state index is 0.105. The molecule has 1 aliphatic rings. The molecule has 1 aromatic carbocycles. The number of hydrogen-bond donors (Lipinski definition) is 0. The second kappa shape index (κ2) is 5.98. The van der Waals surface area contributed by atoms with Gasteiger partial charge in [0.2, 0.25) is 5.91 Å². The lowest BCUT2D eigenvalue weighted by Gasteiger charge is -2.11. The van der Waals surface area contributed by atoms with E-state index in [1.165, 1.54) is 6.08 Å². The van der Waals surface area contributed by atoms with E-state index in [9.17, 15) is 4.79 Å². The standard InChI is InChI=1S/C19H17N5O/c1-3-17(25)24-11-14-16(12-24)20-19(13-7-5-4-6-8-13)21-18(14)15-9-10-23(2)22-15/h3-10H,1,11-12H2,2H3. The van der Waals surface area contributed by atoms with Crippen LogP contribution in [0.3, 0.4) is 0 Å². The Bertz CT molecular complexity index is 961. The molecule has 0 unspecified atom stereocenters. The van der Waals surface area contributed by atoms with Crippen LogP contribution in [0, 0.1) is 0 Å². The zero-order valence-electron chi connectivity index (χ0n) is 13.9. The highest BCUT2D eigenvalue weighted by atomic mass is 16.2. The summed E-state index contributed by atoms with van der Waals surface area (Å²) in [5, 5.41) is 4.49. The van der Waals surface area contributed by atoms with Gasteiger partial charge >= 0.3 is 0 Å². The Hall–Kier alpha value is -3.28. The fourth-order valence-electron chi connectivity index (χ4n) is 3.01. The molecule has 0 saturated heterocycles. The summed E-state index contributed by atoms with van der Waals surface area (Å²) >= 11 is 0. The number of aryl methyl sites for hydroxylation is 1. The van der Waals surface area contributed by atoms with Crippen LogP contribution in [0.1, 0.15) is 11.3 Å². The highest BCUT2D eigenvalue weighted by molar-refractivity contribution is 5.87. The Labute approximate surface area is 145 Å². The number of aromatic nitrogens is 4. The third kappa shape index (κ3) is 2.71. The number of fused-ring (bicyclic) bond motifs is 1. The summed E-state index contributed by atoms with van der Waals surface area (Å²) < 4.78 is 1.74. The van der Waals surface area contributed by atoms with Gasteiger partial charge in [0.15, 0.2) is 5.82 Å². The van der Waals surface area contributed by atoms with Gasteiger partial charge in [-0.25, -0.2) is 9.97 Å². The van der Waals surface area contributed by atoms with Crippen molar-refractivity contribution in [3.63, 3.8) is 0 Å². The lowest BCUT2D eigenvalue weighted by atomic mass is 10.1. The van der Waals surface area contributed by atoms with Crippen LogP contribution in [0.15, 0.2) is 55.3 Å². The zero-order chi connectivity index (χ0) is 17.4. The van der Waals surface area contributed by atoms with E-state index in [4.69, 9.17) is 9.97 Å². The van der Waals surface area contributed by atoms with E-state index in [-0.39, 0.29) is 5.91 Å². The first-order chi connectivity index (χ1) is 12.2. The van der Waals surface area contributed by atoms with E-state index in [1.54, 1.807) is 9.58 Å². The van der Waals surface area contributed by atoms with Gasteiger partial charge in [-0.2, -0.15) is 5.10 Å². The van der Waals surface area contributed by atoms with Gasteiger partial charge in [0, 0.05) is 24.4 Å². The van der Waals surface area contributed by atoms with Gasteiger partial charge in [0.25, 0.3) is 0 Å². The zero-order valence-corrected chi connectivity index (χ0v) is 13.9. The van der Waals surface area contributed by atoms with Crippen molar-refractivity contribution in [3.8, 4) is 22.8 Å². The van der Waals surface area contributed by atoms with Gasteiger partial charge < -0.3 is 4.90 Å². The average molecular weight is 331 g/mol. The molecule has 2 aromatic heterocycles. The summed E-state index contributed by atoms with van der Waals surface area (Å²) in [5.74, 6) is 0.541. The van der Waals surface area contributed by atoms with Crippen LogP contribution in [-0.2, 0) is 24.9 Å². The Morgan fingerprint density at radius 3 is 2.64 bits per heavy atom. The number of benzene rings is 1. The van der Waals surface area contributed by atoms with Crippen molar-refractivity contribution in [2.75, 3.05) is 0 Å². The highest BCUT2D eigenvalue weighted by Gasteiger charge is 2.28. The van der Waals surface area contributed by atoms with Crippen LogP contribution in [0.25, 0.3) is 22.8 Å². The molecule has 0 N–H and O–H groups in total. The predicted octanol–water partition coefficient (Wildman–Crippen LogP) is 2.57.